The first-order valence-electron chi connectivity index (χ1n) is 10.1. The largest absolute Gasteiger partial charge is 0.497 e. The zero-order valence-corrected chi connectivity index (χ0v) is 18.6. The molecule has 8 heteroatoms. The van der Waals surface area contributed by atoms with Gasteiger partial charge in [0.25, 0.3) is 5.91 Å². The minimum absolute atomic E-state index is 0.0614. The first-order chi connectivity index (χ1) is 15.0. The minimum atomic E-state index is -0.0614. The highest BCUT2D eigenvalue weighted by atomic mass is 35.5. The Kier molecular flexibility index (Phi) is 6.04. The van der Waals surface area contributed by atoms with Crippen molar-refractivity contribution in [3.8, 4) is 22.8 Å². The van der Waals surface area contributed by atoms with Crippen LogP contribution in [0.3, 0.4) is 0 Å². The number of halogens is 1. The predicted molar refractivity (Wildman–Crippen MR) is 121 cm³/mol. The summed E-state index contributed by atoms with van der Waals surface area (Å²) in [6.07, 6.45) is 0. The van der Waals surface area contributed by atoms with Gasteiger partial charge >= 0.3 is 0 Å². The molecule has 0 radical (unpaired) electrons. The van der Waals surface area contributed by atoms with Crippen LogP contribution < -0.4 is 14.4 Å². The molecule has 162 valence electrons. The van der Waals surface area contributed by atoms with Crippen molar-refractivity contribution >= 4 is 23.2 Å². The standard InChI is InChI=1S/C23H25ClN4O3/c1-15-4-5-16(24)12-21(15)27-8-10-28(11-9-27)23(29)20-14-19(25-26-20)18-7-6-17(30-2)13-22(18)31-3/h4-7,12-14H,8-11H2,1-3H3,(H,25,26). The Morgan fingerprint density at radius 1 is 1.03 bits per heavy atom. The fourth-order valence-corrected chi connectivity index (χ4v) is 3.99. The molecule has 2 heterocycles. The van der Waals surface area contributed by atoms with E-state index >= 15 is 0 Å². The zero-order valence-electron chi connectivity index (χ0n) is 17.8. The van der Waals surface area contributed by atoms with Gasteiger partial charge in [-0.3, -0.25) is 9.89 Å². The number of anilines is 1. The number of piperazine rings is 1. The van der Waals surface area contributed by atoms with Crippen molar-refractivity contribution in [2.75, 3.05) is 45.3 Å². The Bertz CT molecular complexity index is 1090. The van der Waals surface area contributed by atoms with Crippen LogP contribution in [0.4, 0.5) is 5.69 Å². The number of hydrogen-bond donors (Lipinski definition) is 1. The van der Waals surface area contributed by atoms with Crippen LogP contribution in [0.2, 0.25) is 5.02 Å². The number of aromatic amines is 1. The van der Waals surface area contributed by atoms with E-state index in [2.05, 4.69) is 22.0 Å². The summed E-state index contributed by atoms with van der Waals surface area (Å²) in [6.45, 7) is 4.83. The summed E-state index contributed by atoms with van der Waals surface area (Å²) in [5.41, 5.74) is 4.20. The number of hydrogen-bond acceptors (Lipinski definition) is 5. The van der Waals surface area contributed by atoms with E-state index in [1.807, 2.05) is 35.2 Å². The van der Waals surface area contributed by atoms with Crippen LogP contribution in [0.5, 0.6) is 11.5 Å². The number of benzene rings is 2. The molecule has 7 nitrogen and oxygen atoms in total. The maximum atomic E-state index is 13.0. The highest BCUT2D eigenvalue weighted by Gasteiger charge is 2.25. The third-order valence-corrected chi connectivity index (χ3v) is 5.81. The second-order valence-electron chi connectivity index (χ2n) is 7.44. The number of methoxy groups -OCH3 is 2. The Hall–Kier alpha value is -3.19. The van der Waals surface area contributed by atoms with Crippen molar-refractivity contribution in [3.05, 3.63) is 58.7 Å². The van der Waals surface area contributed by atoms with Gasteiger partial charge in [0, 0.05) is 48.5 Å². The molecule has 1 aliphatic heterocycles. The molecule has 0 saturated carbocycles. The normalized spacial score (nSPS) is 13.9. The van der Waals surface area contributed by atoms with E-state index in [4.69, 9.17) is 21.1 Å². The third-order valence-electron chi connectivity index (χ3n) is 5.57. The topological polar surface area (TPSA) is 70.7 Å². The van der Waals surface area contributed by atoms with E-state index in [1.165, 1.54) is 5.56 Å². The number of nitrogens with one attached hydrogen (secondary N) is 1. The van der Waals surface area contributed by atoms with Crippen LogP contribution in [-0.4, -0.2) is 61.4 Å². The van der Waals surface area contributed by atoms with E-state index < -0.39 is 0 Å². The van der Waals surface area contributed by atoms with E-state index in [9.17, 15) is 4.79 Å². The van der Waals surface area contributed by atoms with Crippen LogP contribution in [-0.2, 0) is 0 Å². The molecule has 31 heavy (non-hydrogen) atoms. The second-order valence-corrected chi connectivity index (χ2v) is 7.88. The minimum Gasteiger partial charge on any atom is -0.497 e. The van der Waals surface area contributed by atoms with Crippen LogP contribution >= 0.6 is 11.6 Å². The number of aromatic nitrogens is 2. The van der Waals surface area contributed by atoms with Gasteiger partial charge in [-0.25, -0.2) is 0 Å². The Balaban J connectivity index is 1.46. The van der Waals surface area contributed by atoms with Gasteiger partial charge in [-0.05, 0) is 42.8 Å². The first kappa shape index (κ1) is 21.1. The van der Waals surface area contributed by atoms with Gasteiger partial charge in [-0.1, -0.05) is 17.7 Å². The summed E-state index contributed by atoms with van der Waals surface area (Å²) in [5, 5.41) is 7.93. The number of aryl methyl sites for hydroxylation is 1. The summed E-state index contributed by atoms with van der Waals surface area (Å²) >= 11 is 6.17. The molecular formula is C23H25ClN4O3. The van der Waals surface area contributed by atoms with Crippen molar-refractivity contribution in [2.45, 2.75) is 6.92 Å². The number of amides is 1. The number of nitrogens with zero attached hydrogens (tertiary/aromatic N) is 3. The Morgan fingerprint density at radius 2 is 1.81 bits per heavy atom. The van der Waals surface area contributed by atoms with Crippen LogP contribution in [0.15, 0.2) is 42.5 Å². The average molecular weight is 441 g/mol. The molecule has 1 aliphatic rings. The third kappa shape index (κ3) is 4.32. The summed E-state index contributed by atoms with van der Waals surface area (Å²) in [6, 6.07) is 13.2. The van der Waals surface area contributed by atoms with Crippen molar-refractivity contribution in [1.82, 2.24) is 15.1 Å². The van der Waals surface area contributed by atoms with Crippen molar-refractivity contribution in [3.63, 3.8) is 0 Å². The second kappa shape index (κ2) is 8.89. The molecule has 1 aromatic heterocycles. The van der Waals surface area contributed by atoms with Gasteiger partial charge in [0.05, 0.1) is 19.9 Å². The molecule has 1 N–H and O–H groups in total. The first-order valence-corrected chi connectivity index (χ1v) is 10.5. The molecule has 4 rings (SSSR count). The van der Waals surface area contributed by atoms with Crippen LogP contribution in [0.1, 0.15) is 16.1 Å². The van der Waals surface area contributed by atoms with Gasteiger partial charge in [-0.2, -0.15) is 5.10 Å². The molecule has 0 spiro atoms. The molecule has 0 aliphatic carbocycles. The number of carbonyl (C=O) groups excluding carboxylic acids is 1. The quantitative estimate of drug-likeness (QED) is 0.648. The number of H-pyrrole nitrogens is 1. The summed E-state index contributed by atoms with van der Waals surface area (Å²) < 4.78 is 10.7. The highest BCUT2D eigenvalue weighted by molar-refractivity contribution is 6.30. The Morgan fingerprint density at radius 3 is 2.52 bits per heavy atom. The lowest BCUT2D eigenvalue weighted by molar-refractivity contribution is 0.0741. The fourth-order valence-electron chi connectivity index (χ4n) is 3.82. The lowest BCUT2D eigenvalue weighted by Crippen LogP contribution is -2.49. The molecule has 1 fully saturated rings. The van der Waals surface area contributed by atoms with Gasteiger partial charge in [0.2, 0.25) is 0 Å². The lowest BCUT2D eigenvalue weighted by atomic mass is 10.1. The van der Waals surface area contributed by atoms with E-state index in [0.717, 1.165) is 29.4 Å². The SMILES string of the molecule is COc1ccc(-c2cc(C(=O)N3CCN(c4cc(Cl)ccc4C)CC3)[nH]n2)c(OC)c1. The molecular weight excluding hydrogens is 416 g/mol. The van der Waals surface area contributed by atoms with E-state index in [0.29, 0.717) is 36.0 Å². The maximum Gasteiger partial charge on any atom is 0.272 e. The van der Waals surface area contributed by atoms with Crippen molar-refractivity contribution < 1.29 is 14.3 Å². The molecule has 3 aromatic rings. The Labute approximate surface area is 186 Å². The van der Waals surface area contributed by atoms with E-state index in [1.54, 1.807) is 26.4 Å². The molecule has 0 atom stereocenters. The van der Waals surface area contributed by atoms with Gasteiger partial charge in [0.15, 0.2) is 0 Å². The number of carbonyl (C=O) groups is 1. The van der Waals surface area contributed by atoms with Crippen molar-refractivity contribution in [1.29, 1.82) is 0 Å². The zero-order chi connectivity index (χ0) is 22.0. The lowest BCUT2D eigenvalue weighted by Gasteiger charge is -2.36. The summed E-state index contributed by atoms with van der Waals surface area (Å²) in [7, 11) is 3.20. The van der Waals surface area contributed by atoms with Gasteiger partial charge in [0.1, 0.15) is 17.2 Å². The monoisotopic (exact) mass is 440 g/mol. The van der Waals surface area contributed by atoms with E-state index in [-0.39, 0.29) is 5.91 Å². The molecule has 1 amide bonds. The maximum absolute atomic E-state index is 13.0. The van der Waals surface area contributed by atoms with Gasteiger partial charge in [-0.15, -0.1) is 0 Å². The van der Waals surface area contributed by atoms with Crippen LogP contribution in [0.25, 0.3) is 11.3 Å². The summed E-state index contributed by atoms with van der Waals surface area (Å²) in [4.78, 5) is 17.1. The average Bonchev–Trinajstić information content (AvgIpc) is 3.30. The van der Waals surface area contributed by atoms with Crippen LogP contribution in [0, 0.1) is 6.92 Å². The predicted octanol–water partition coefficient (Wildman–Crippen LogP) is 4.02. The molecule has 0 bridgehead atoms. The van der Waals surface area contributed by atoms with Gasteiger partial charge < -0.3 is 19.3 Å². The number of rotatable bonds is 5. The van der Waals surface area contributed by atoms with Crippen molar-refractivity contribution in [2.24, 2.45) is 0 Å². The molecule has 0 unspecified atom stereocenters. The molecule has 1 saturated heterocycles. The number of ether oxygens (including phenoxy) is 2. The summed E-state index contributed by atoms with van der Waals surface area (Å²) in [5.74, 6) is 1.27. The molecule has 2 aromatic carbocycles. The highest BCUT2D eigenvalue weighted by Crippen LogP contribution is 2.32. The fraction of sp³-hybridized carbons (Fsp3) is 0.304. The smallest absolute Gasteiger partial charge is 0.272 e.